The van der Waals surface area contributed by atoms with Crippen LogP contribution in [0.3, 0.4) is 0 Å². The number of thioether (sulfide) groups is 1. The van der Waals surface area contributed by atoms with Gasteiger partial charge in [0.25, 0.3) is 0 Å². The first-order chi connectivity index (χ1) is 12.2. The number of hydrogen-bond donors (Lipinski definition) is 3. The lowest BCUT2D eigenvalue weighted by Gasteiger charge is -2.24. The van der Waals surface area contributed by atoms with Crippen molar-refractivity contribution >= 4 is 23.8 Å². The Kier molecular flexibility index (Phi) is 9.47. The van der Waals surface area contributed by atoms with Crippen LogP contribution >= 0.6 is 11.8 Å². The Morgan fingerprint density at radius 2 is 1.85 bits per heavy atom. The fourth-order valence-electron chi connectivity index (χ4n) is 1.85. The van der Waals surface area contributed by atoms with E-state index in [0.29, 0.717) is 18.1 Å². The minimum Gasteiger partial charge on any atom is -0.458 e. The Hall–Kier alpha value is -1.77. The predicted molar refractivity (Wildman–Crippen MR) is 104 cm³/mol. The molecule has 0 fully saturated rings. The molecule has 0 aliphatic rings. The first-order valence-corrected chi connectivity index (χ1v) is 9.60. The predicted octanol–water partition coefficient (Wildman–Crippen LogP) is 1.64. The standard InChI is InChI=1S/C18H29N3O4S/c1-18(2,3)25-16(22)15(12-26-11-14(20)9-19)21-17(23)24-10-13-7-5-4-6-8-13/h4-8,14-15H,9-12,19-20H2,1-3H3,(H,21,23)/t14-,15?/m1/s1. The average molecular weight is 384 g/mol. The van der Waals surface area contributed by atoms with Gasteiger partial charge >= 0.3 is 12.1 Å². The molecule has 1 aromatic rings. The molecule has 8 heteroatoms. The van der Waals surface area contributed by atoms with Crippen molar-refractivity contribution in [3.05, 3.63) is 35.9 Å². The molecule has 0 saturated heterocycles. The maximum atomic E-state index is 12.4. The minimum atomic E-state index is -0.826. The summed E-state index contributed by atoms with van der Waals surface area (Å²) < 4.78 is 10.5. The van der Waals surface area contributed by atoms with Gasteiger partial charge in [-0.3, -0.25) is 0 Å². The summed E-state index contributed by atoms with van der Waals surface area (Å²) in [6, 6.07) is 8.31. The summed E-state index contributed by atoms with van der Waals surface area (Å²) in [6.07, 6.45) is -0.673. The fraction of sp³-hybridized carbons (Fsp3) is 0.556. The number of hydrogen-bond acceptors (Lipinski definition) is 7. The van der Waals surface area contributed by atoms with Gasteiger partial charge in [-0.25, -0.2) is 9.59 Å². The van der Waals surface area contributed by atoms with Crippen molar-refractivity contribution in [3.63, 3.8) is 0 Å². The molecule has 0 heterocycles. The summed E-state index contributed by atoms with van der Waals surface area (Å²) in [5, 5.41) is 2.57. The van der Waals surface area contributed by atoms with Crippen LogP contribution in [0.2, 0.25) is 0 Å². The van der Waals surface area contributed by atoms with Crippen LogP contribution in [0.25, 0.3) is 0 Å². The van der Waals surface area contributed by atoms with E-state index < -0.39 is 23.7 Å². The molecule has 0 radical (unpaired) electrons. The summed E-state index contributed by atoms with van der Waals surface area (Å²) in [5.74, 6) is 0.391. The van der Waals surface area contributed by atoms with Crippen molar-refractivity contribution < 1.29 is 19.1 Å². The van der Waals surface area contributed by atoms with E-state index in [0.717, 1.165) is 5.56 Å². The molecule has 0 bridgehead atoms. The van der Waals surface area contributed by atoms with E-state index in [9.17, 15) is 9.59 Å². The highest BCUT2D eigenvalue weighted by Gasteiger charge is 2.27. The van der Waals surface area contributed by atoms with Gasteiger partial charge in [0.15, 0.2) is 0 Å². The van der Waals surface area contributed by atoms with Crippen LogP contribution in [0.4, 0.5) is 4.79 Å². The van der Waals surface area contributed by atoms with E-state index in [1.54, 1.807) is 20.8 Å². The minimum absolute atomic E-state index is 0.124. The average Bonchev–Trinajstić information content (AvgIpc) is 2.58. The van der Waals surface area contributed by atoms with E-state index in [-0.39, 0.29) is 12.6 Å². The molecule has 0 saturated carbocycles. The number of benzene rings is 1. The van der Waals surface area contributed by atoms with Crippen molar-refractivity contribution in [2.24, 2.45) is 11.5 Å². The SMILES string of the molecule is CC(C)(C)OC(=O)C(CSC[C@H](N)CN)NC(=O)OCc1ccccc1. The Labute approximate surface area is 159 Å². The Balaban J connectivity index is 2.58. The third kappa shape index (κ3) is 9.65. The van der Waals surface area contributed by atoms with Gasteiger partial charge in [-0.2, -0.15) is 11.8 Å². The lowest BCUT2D eigenvalue weighted by molar-refractivity contribution is -0.156. The summed E-state index contributed by atoms with van der Waals surface area (Å²) in [4.78, 5) is 24.4. The van der Waals surface area contributed by atoms with Crippen LogP contribution in [-0.2, 0) is 20.9 Å². The smallest absolute Gasteiger partial charge is 0.408 e. The van der Waals surface area contributed by atoms with Crippen LogP contribution in [0, 0.1) is 0 Å². The van der Waals surface area contributed by atoms with Gasteiger partial charge in [-0.15, -0.1) is 0 Å². The summed E-state index contributed by atoms with van der Waals surface area (Å²) in [7, 11) is 0. The molecular weight excluding hydrogens is 354 g/mol. The van der Waals surface area contributed by atoms with Crippen LogP contribution in [0.1, 0.15) is 26.3 Å². The first kappa shape index (κ1) is 22.3. The molecule has 0 aromatic heterocycles. The third-order valence-corrected chi connectivity index (χ3v) is 4.35. The number of rotatable bonds is 9. The summed E-state index contributed by atoms with van der Waals surface area (Å²) in [6.45, 7) is 5.79. The van der Waals surface area contributed by atoms with Gasteiger partial charge in [-0.1, -0.05) is 30.3 Å². The van der Waals surface area contributed by atoms with Crippen molar-refractivity contribution in [1.29, 1.82) is 0 Å². The number of nitrogens with one attached hydrogen (secondary N) is 1. The molecule has 0 spiro atoms. The number of amides is 1. The zero-order valence-corrected chi connectivity index (χ0v) is 16.4. The molecule has 7 nitrogen and oxygen atoms in total. The topological polar surface area (TPSA) is 117 Å². The van der Waals surface area contributed by atoms with Crippen molar-refractivity contribution in [2.45, 2.75) is 45.1 Å². The highest BCUT2D eigenvalue weighted by atomic mass is 32.2. The molecule has 2 atom stereocenters. The Morgan fingerprint density at radius 3 is 2.42 bits per heavy atom. The Bertz CT molecular complexity index is 563. The highest BCUT2D eigenvalue weighted by Crippen LogP contribution is 2.12. The normalized spacial score (nSPS) is 13.6. The molecular formula is C18H29N3O4S. The zero-order valence-electron chi connectivity index (χ0n) is 15.6. The number of ether oxygens (including phenoxy) is 2. The van der Waals surface area contributed by atoms with E-state index in [1.807, 2.05) is 30.3 Å². The van der Waals surface area contributed by atoms with Crippen molar-refractivity contribution in [3.8, 4) is 0 Å². The van der Waals surface area contributed by atoms with Crippen LogP contribution in [-0.4, -0.2) is 47.8 Å². The highest BCUT2D eigenvalue weighted by molar-refractivity contribution is 7.99. The van der Waals surface area contributed by atoms with E-state index in [4.69, 9.17) is 20.9 Å². The maximum Gasteiger partial charge on any atom is 0.408 e. The molecule has 0 aliphatic carbocycles. The number of carbonyl (C=O) groups is 2. The van der Waals surface area contributed by atoms with E-state index in [2.05, 4.69) is 5.32 Å². The van der Waals surface area contributed by atoms with Gasteiger partial charge in [-0.05, 0) is 26.3 Å². The second-order valence-electron chi connectivity index (χ2n) is 6.83. The molecule has 1 rings (SSSR count). The van der Waals surface area contributed by atoms with Crippen molar-refractivity contribution in [2.75, 3.05) is 18.1 Å². The number of alkyl carbamates (subject to hydrolysis) is 1. The summed E-state index contributed by atoms with van der Waals surface area (Å²) >= 11 is 1.43. The lowest BCUT2D eigenvalue weighted by Crippen LogP contribution is -2.46. The van der Waals surface area contributed by atoms with E-state index in [1.165, 1.54) is 11.8 Å². The van der Waals surface area contributed by atoms with Gasteiger partial charge in [0, 0.05) is 24.1 Å². The first-order valence-electron chi connectivity index (χ1n) is 8.44. The van der Waals surface area contributed by atoms with Gasteiger partial charge in [0.1, 0.15) is 18.2 Å². The fourth-order valence-corrected chi connectivity index (χ4v) is 2.88. The quantitative estimate of drug-likeness (QED) is 0.555. The number of esters is 1. The van der Waals surface area contributed by atoms with Crippen molar-refractivity contribution in [1.82, 2.24) is 5.32 Å². The zero-order chi connectivity index (χ0) is 19.6. The van der Waals surface area contributed by atoms with Gasteiger partial charge in [0.05, 0.1) is 0 Å². The molecule has 1 unspecified atom stereocenters. The second-order valence-corrected chi connectivity index (χ2v) is 7.90. The van der Waals surface area contributed by atoms with Gasteiger partial charge in [0.2, 0.25) is 0 Å². The molecule has 146 valence electrons. The van der Waals surface area contributed by atoms with Crippen LogP contribution < -0.4 is 16.8 Å². The Morgan fingerprint density at radius 1 is 1.19 bits per heavy atom. The second kappa shape index (κ2) is 11.1. The summed E-state index contributed by atoms with van der Waals surface area (Å²) in [5.41, 5.74) is 11.5. The molecule has 5 N–H and O–H groups in total. The van der Waals surface area contributed by atoms with E-state index >= 15 is 0 Å². The molecule has 26 heavy (non-hydrogen) atoms. The molecule has 1 aromatic carbocycles. The largest absolute Gasteiger partial charge is 0.458 e. The van der Waals surface area contributed by atoms with Crippen LogP contribution in [0.5, 0.6) is 0 Å². The third-order valence-electron chi connectivity index (χ3n) is 3.12. The monoisotopic (exact) mass is 383 g/mol. The number of carbonyl (C=O) groups excluding carboxylic acids is 2. The molecule has 0 aliphatic heterocycles. The lowest BCUT2D eigenvalue weighted by atomic mass is 10.2. The van der Waals surface area contributed by atoms with Gasteiger partial charge < -0.3 is 26.3 Å². The maximum absolute atomic E-state index is 12.4. The molecule has 1 amide bonds. The number of nitrogens with two attached hydrogens (primary N) is 2. The van der Waals surface area contributed by atoms with Crippen LogP contribution in [0.15, 0.2) is 30.3 Å².